The maximum atomic E-state index is 11.2. The van der Waals surface area contributed by atoms with Gasteiger partial charge in [-0.15, -0.1) is 0 Å². The Morgan fingerprint density at radius 3 is 3.00 bits per heavy atom. The lowest BCUT2D eigenvalue weighted by Gasteiger charge is -2.07. The molecule has 0 radical (unpaired) electrons. The molecule has 0 fully saturated rings. The van der Waals surface area contributed by atoms with Gasteiger partial charge in [0.15, 0.2) is 0 Å². The van der Waals surface area contributed by atoms with Crippen molar-refractivity contribution in [1.82, 2.24) is 0 Å². The largest absolute Gasteiger partial charge is 0.506 e. The average Bonchev–Trinajstić information content (AvgIpc) is 2.20. The van der Waals surface area contributed by atoms with E-state index in [0.717, 1.165) is 0 Å². The number of ether oxygens (including phenoxy) is 1. The van der Waals surface area contributed by atoms with E-state index in [4.69, 9.17) is 16.3 Å². The molecule has 1 aromatic carbocycles. The molecule has 1 amide bonds. The predicted octanol–water partition coefficient (Wildman–Crippen LogP) is 2.02. The molecule has 4 nitrogen and oxygen atoms in total. The summed E-state index contributed by atoms with van der Waals surface area (Å²) in [5, 5.41) is 12.3. The van der Waals surface area contributed by atoms with Gasteiger partial charge in [0.25, 0.3) is 0 Å². The lowest BCUT2D eigenvalue weighted by Crippen LogP contribution is -2.18. The lowest BCUT2D eigenvalue weighted by molar-refractivity contribution is -0.120. The number of aromatic hydroxyl groups is 1. The number of nitrogens with one attached hydrogen (secondary N) is 1. The highest BCUT2D eigenvalue weighted by atomic mass is 35.5. The Balaban J connectivity index is 2.63. The summed E-state index contributed by atoms with van der Waals surface area (Å²) in [4.78, 5) is 11.2. The number of carbonyl (C=O) groups excluding carboxylic acids is 1. The Morgan fingerprint density at radius 1 is 1.60 bits per heavy atom. The number of amides is 1. The van der Waals surface area contributed by atoms with Crippen LogP contribution in [0.4, 0.5) is 5.69 Å². The van der Waals surface area contributed by atoms with Crippen molar-refractivity contribution in [3.05, 3.63) is 23.2 Å². The maximum absolute atomic E-state index is 11.2. The number of rotatable bonds is 4. The number of anilines is 1. The summed E-state index contributed by atoms with van der Waals surface area (Å²) in [6.07, 6.45) is 0. The molecule has 5 heteroatoms. The number of halogens is 1. The Hall–Kier alpha value is -1.26. The van der Waals surface area contributed by atoms with E-state index in [2.05, 4.69) is 5.32 Å². The van der Waals surface area contributed by atoms with Gasteiger partial charge >= 0.3 is 0 Å². The van der Waals surface area contributed by atoms with Crippen LogP contribution in [0.3, 0.4) is 0 Å². The highest BCUT2D eigenvalue weighted by molar-refractivity contribution is 6.31. The molecule has 0 bridgehead atoms. The summed E-state index contributed by atoms with van der Waals surface area (Å²) in [7, 11) is 0. The van der Waals surface area contributed by atoms with E-state index < -0.39 is 0 Å². The number of phenols is 1. The SMILES string of the molecule is CCOCC(=O)Nc1cc(Cl)ccc1O. The van der Waals surface area contributed by atoms with Gasteiger partial charge in [0.2, 0.25) is 5.91 Å². The van der Waals surface area contributed by atoms with Gasteiger partial charge in [0.1, 0.15) is 12.4 Å². The molecule has 82 valence electrons. The normalized spacial score (nSPS) is 10.0. The molecular weight excluding hydrogens is 218 g/mol. The van der Waals surface area contributed by atoms with E-state index >= 15 is 0 Å². The van der Waals surface area contributed by atoms with Gasteiger partial charge in [0, 0.05) is 11.6 Å². The van der Waals surface area contributed by atoms with Gasteiger partial charge in [-0.25, -0.2) is 0 Å². The minimum absolute atomic E-state index is 0.0238. The molecule has 0 saturated heterocycles. The molecule has 2 N–H and O–H groups in total. The van der Waals surface area contributed by atoms with Crippen LogP contribution in [0.5, 0.6) is 5.75 Å². The fourth-order valence-corrected chi connectivity index (χ4v) is 1.16. The van der Waals surface area contributed by atoms with Crippen molar-refractivity contribution in [2.75, 3.05) is 18.5 Å². The number of phenolic OH excluding ortho intramolecular Hbond substituents is 1. The van der Waals surface area contributed by atoms with Crippen LogP contribution in [0.1, 0.15) is 6.92 Å². The molecule has 0 saturated carbocycles. The van der Waals surface area contributed by atoms with E-state index in [-0.39, 0.29) is 24.0 Å². The molecule has 0 aliphatic rings. The number of hydrogen-bond donors (Lipinski definition) is 2. The average molecular weight is 230 g/mol. The number of benzene rings is 1. The summed E-state index contributed by atoms with van der Waals surface area (Å²) >= 11 is 5.71. The monoisotopic (exact) mass is 229 g/mol. The Kier molecular flexibility index (Phi) is 4.39. The summed E-state index contributed by atoms with van der Waals surface area (Å²) < 4.78 is 4.91. The van der Waals surface area contributed by atoms with E-state index in [0.29, 0.717) is 11.6 Å². The van der Waals surface area contributed by atoms with Gasteiger partial charge in [-0.05, 0) is 25.1 Å². The third-order valence-electron chi connectivity index (χ3n) is 1.67. The van der Waals surface area contributed by atoms with Crippen LogP contribution >= 0.6 is 11.6 Å². The van der Waals surface area contributed by atoms with Crippen LogP contribution < -0.4 is 5.32 Å². The number of carbonyl (C=O) groups is 1. The van der Waals surface area contributed by atoms with Crippen LogP contribution in [0.15, 0.2) is 18.2 Å². The van der Waals surface area contributed by atoms with Crippen LogP contribution in [0, 0.1) is 0 Å². The first kappa shape index (κ1) is 11.8. The maximum Gasteiger partial charge on any atom is 0.250 e. The summed E-state index contributed by atoms with van der Waals surface area (Å²) in [6.45, 7) is 2.22. The zero-order chi connectivity index (χ0) is 11.3. The first-order chi connectivity index (χ1) is 7.13. The van der Waals surface area contributed by atoms with Gasteiger partial charge in [-0.2, -0.15) is 0 Å². The minimum atomic E-state index is -0.325. The minimum Gasteiger partial charge on any atom is -0.506 e. The molecule has 0 unspecified atom stereocenters. The molecule has 15 heavy (non-hydrogen) atoms. The van der Waals surface area contributed by atoms with Crippen LogP contribution in [0.2, 0.25) is 5.02 Å². The topological polar surface area (TPSA) is 58.6 Å². The van der Waals surface area contributed by atoms with Crippen LogP contribution in [0.25, 0.3) is 0 Å². The Bertz CT molecular complexity index is 355. The predicted molar refractivity (Wildman–Crippen MR) is 58.2 cm³/mol. The molecule has 0 aliphatic carbocycles. The van der Waals surface area contributed by atoms with Gasteiger partial charge in [0.05, 0.1) is 5.69 Å². The lowest BCUT2D eigenvalue weighted by atomic mass is 10.3. The third-order valence-corrected chi connectivity index (χ3v) is 1.91. The van der Waals surface area contributed by atoms with E-state index in [9.17, 15) is 9.90 Å². The first-order valence-electron chi connectivity index (χ1n) is 4.49. The second-order valence-electron chi connectivity index (χ2n) is 2.85. The highest BCUT2D eigenvalue weighted by Crippen LogP contribution is 2.26. The van der Waals surface area contributed by atoms with Gasteiger partial charge < -0.3 is 15.2 Å². The summed E-state index contributed by atoms with van der Waals surface area (Å²) in [6, 6.07) is 4.43. The second-order valence-corrected chi connectivity index (χ2v) is 3.28. The van der Waals surface area contributed by atoms with Crippen molar-refractivity contribution < 1.29 is 14.6 Å². The highest BCUT2D eigenvalue weighted by Gasteiger charge is 2.06. The smallest absolute Gasteiger partial charge is 0.250 e. The fraction of sp³-hybridized carbons (Fsp3) is 0.300. The summed E-state index contributed by atoms with van der Waals surface area (Å²) in [5.41, 5.74) is 0.284. The van der Waals surface area contributed by atoms with E-state index in [1.165, 1.54) is 18.2 Å². The number of hydrogen-bond acceptors (Lipinski definition) is 3. The fourth-order valence-electron chi connectivity index (χ4n) is 0.989. The Morgan fingerprint density at radius 2 is 2.33 bits per heavy atom. The zero-order valence-corrected chi connectivity index (χ0v) is 9.04. The Labute approximate surface area is 92.8 Å². The first-order valence-corrected chi connectivity index (χ1v) is 4.87. The third kappa shape index (κ3) is 3.77. The quantitative estimate of drug-likeness (QED) is 0.777. The van der Waals surface area contributed by atoms with Gasteiger partial charge in [-0.1, -0.05) is 11.6 Å². The van der Waals surface area contributed by atoms with Crippen molar-refractivity contribution in [3.63, 3.8) is 0 Å². The standard InChI is InChI=1S/C10H12ClNO3/c1-2-15-6-10(14)12-8-5-7(11)3-4-9(8)13/h3-5,13H,2,6H2,1H3,(H,12,14). The molecule has 0 heterocycles. The van der Waals surface area contributed by atoms with Crippen molar-refractivity contribution in [2.45, 2.75) is 6.92 Å². The van der Waals surface area contributed by atoms with Crippen molar-refractivity contribution in [2.24, 2.45) is 0 Å². The molecule has 0 spiro atoms. The van der Waals surface area contributed by atoms with Gasteiger partial charge in [-0.3, -0.25) is 4.79 Å². The van der Waals surface area contributed by atoms with Crippen LogP contribution in [-0.4, -0.2) is 24.2 Å². The molecule has 1 aromatic rings. The van der Waals surface area contributed by atoms with Crippen LogP contribution in [-0.2, 0) is 9.53 Å². The van der Waals surface area contributed by atoms with E-state index in [1.807, 2.05) is 0 Å². The van der Waals surface area contributed by atoms with Crippen molar-refractivity contribution in [3.8, 4) is 5.75 Å². The van der Waals surface area contributed by atoms with E-state index in [1.54, 1.807) is 6.92 Å². The molecule has 0 atom stereocenters. The second kappa shape index (κ2) is 5.58. The summed E-state index contributed by atoms with van der Waals surface area (Å²) in [5.74, 6) is -0.348. The molecular formula is C10H12ClNO3. The molecule has 0 aliphatic heterocycles. The molecule has 0 aromatic heterocycles. The zero-order valence-electron chi connectivity index (χ0n) is 8.29. The van der Waals surface area contributed by atoms with Crippen molar-refractivity contribution >= 4 is 23.2 Å². The van der Waals surface area contributed by atoms with Crippen molar-refractivity contribution in [1.29, 1.82) is 0 Å². The molecule has 1 rings (SSSR count).